The van der Waals surface area contributed by atoms with E-state index in [-0.39, 0.29) is 11.8 Å². The molecule has 2 aromatic carbocycles. The molecule has 0 aliphatic heterocycles. The predicted octanol–water partition coefficient (Wildman–Crippen LogP) is 1.57. The quantitative estimate of drug-likeness (QED) is 0.607. The van der Waals surface area contributed by atoms with E-state index >= 15 is 0 Å². The molecule has 18 heavy (non-hydrogen) atoms. The second kappa shape index (κ2) is 6.80. The van der Waals surface area contributed by atoms with Gasteiger partial charge in [-0.1, -0.05) is 0 Å². The van der Waals surface area contributed by atoms with Gasteiger partial charge >= 0.3 is 119 Å². The van der Waals surface area contributed by atoms with Crippen LogP contribution in [0.1, 0.15) is 0 Å². The van der Waals surface area contributed by atoms with Crippen molar-refractivity contribution in [3.05, 3.63) is 60.7 Å². The van der Waals surface area contributed by atoms with E-state index in [4.69, 9.17) is 14.7 Å². The Morgan fingerprint density at radius 1 is 0.944 bits per heavy atom. The van der Waals surface area contributed by atoms with E-state index in [9.17, 15) is 4.79 Å². The molecule has 1 radical (unpaired) electrons. The van der Waals surface area contributed by atoms with Crippen molar-refractivity contribution in [2.24, 2.45) is 0 Å². The summed E-state index contributed by atoms with van der Waals surface area (Å²) in [6.45, 7) is 0. The number of rotatable bonds is 4. The molecular formula is C14H12ClO2Sn. The van der Waals surface area contributed by atoms with Crippen molar-refractivity contribution < 1.29 is 7.87 Å². The zero-order chi connectivity index (χ0) is 12.8. The van der Waals surface area contributed by atoms with Crippen molar-refractivity contribution >= 4 is 44.9 Å². The second-order valence-electron chi connectivity index (χ2n) is 3.67. The van der Waals surface area contributed by atoms with Gasteiger partial charge in [-0.05, 0) is 0 Å². The van der Waals surface area contributed by atoms with Crippen molar-refractivity contribution in [2.75, 3.05) is 5.88 Å². The van der Waals surface area contributed by atoms with Crippen LogP contribution in [0.2, 0.25) is 0 Å². The molecule has 0 heterocycles. The molecule has 0 aromatic heterocycles. The zero-order valence-corrected chi connectivity index (χ0v) is 13.3. The topological polar surface area (TPSA) is 26.3 Å². The molecule has 0 aliphatic carbocycles. The van der Waals surface area contributed by atoms with Crippen LogP contribution in [-0.2, 0) is 7.87 Å². The summed E-state index contributed by atoms with van der Waals surface area (Å²) in [6, 6.07) is 19.8. The number of hydrogen-bond donors (Lipinski definition) is 0. The second-order valence-corrected chi connectivity index (χ2v) is 9.69. The maximum atomic E-state index is 11.5. The first-order chi connectivity index (χ1) is 8.81. The van der Waals surface area contributed by atoms with Crippen LogP contribution >= 0.6 is 11.6 Å². The van der Waals surface area contributed by atoms with Gasteiger partial charge in [0.1, 0.15) is 0 Å². The molecule has 4 heteroatoms. The Bertz CT molecular complexity index is 462. The third-order valence-corrected chi connectivity index (χ3v) is 8.74. The van der Waals surface area contributed by atoms with Gasteiger partial charge < -0.3 is 0 Å². The summed E-state index contributed by atoms with van der Waals surface area (Å²) in [7, 11) is 0. The van der Waals surface area contributed by atoms with Crippen LogP contribution in [0.15, 0.2) is 60.7 Å². The monoisotopic (exact) mass is 367 g/mol. The van der Waals surface area contributed by atoms with E-state index < -0.39 is 20.2 Å². The van der Waals surface area contributed by atoms with Crippen LogP contribution in [0.25, 0.3) is 0 Å². The Morgan fingerprint density at radius 2 is 1.39 bits per heavy atom. The number of benzene rings is 2. The molecule has 0 bridgehead atoms. The summed E-state index contributed by atoms with van der Waals surface area (Å²) in [5, 5.41) is 0. The fraction of sp³-hybridized carbons (Fsp3) is 0.0714. The number of carbonyl (C=O) groups is 1. The fourth-order valence-electron chi connectivity index (χ4n) is 1.60. The summed E-state index contributed by atoms with van der Waals surface area (Å²) in [5.74, 6) is -0.428. The Balaban J connectivity index is 2.32. The van der Waals surface area contributed by atoms with E-state index in [2.05, 4.69) is 0 Å². The number of halogens is 1. The number of carbonyl (C=O) groups excluding carboxylic acids is 1. The van der Waals surface area contributed by atoms with E-state index in [1.165, 1.54) is 0 Å². The predicted molar refractivity (Wildman–Crippen MR) is 74.7 cm³/mol. The summed E-state index contributed by atoms with van der Waals surface area (Å²) in [6.07, 6.45) is 0. The average molecular weight is 366 g/mol. The average Bonchev–Trinajstić information content (AvgIpc) is 2.46. The first-order valence-corrected chi connectivity index (χ1v) is 10.1. The molecule has 2 aromatic rings. The molecule has 91 valence electrons. The Morgan fingerprint density at radius 3 is 1.78 bits per heavy atom. The molecular weight excluding hydrogens is 354 g/mol. The third kappa shape index (κ3) is 3.50. The standard InChI is InChI=1S/2C6H5.C2H3ClO2.Sn/c2*1-2-4-6-5-3-1;3-1-2(4)5;/h2*1-5H;1H2,(H,4,5);/q;;;+1/p-1. The van der Waals surface area contributed by atoms with Gasteiger partial charge in [0, 0.05) is 0 Å². The van der Waals surface area contributed by atoms with Crippen LogP contribution in [-0.4, -0.2) is 32.0 Å². The minimum atomic E-state index is -2.61. The summed E-state index contributed by atoms with van der Waals surface area (Å²) in [4.78, 5) is 11.5. The first-order valence-electron chi connectivity index (χ1n) is 5.55. The van der Waals surface area contributed by atoms with Gasteiger partial charge in [-0.2, -0.15) is 0 Å². The van der Waals surface area contributed by atoms with Gasteiger partial charge in [-0.15, -0.1) is 0 Å². The van der Waals surface area contributed by atoms with Crippen LogP contribution < -0.4 is 7.16 Å². The van der Waals surface area contributed by atoms with Gasteiger partial charge in [0.25, 0.3) is 0 Å². The molecule has 2 nitrogen and oxygen atoms in total. The third-order valence-electron chi connectivity index (χ3n) is 2.40. The van der Waals surface area contributed by atoms with Crippen molar-refractivity contribution in [2.45, 2.75) is 0 Å². The number of hydrogen-bond acceptors (Lipinski definition) is 2. The molecule has 0 aliphatic rings. The van der Waals surface area contributed by atoms with Crippen molar-refractivity contribution in [3.63, 3.8) is 0 Å². The molecule has 0 spiro atoms. The van der Waals surface area contributed by atoms with E-state index in [0.717, 1.165) is 7.16 Å². The molecule has 0 saturated heterocycles. The zero-order valence-electron chi connectivity index (χ0n) is 9.68. The molecule has 0 saturated carbocycles. The summed E-state index contributed by atoms with van der Waals surface area (Å²) >= 11 is 2.92. The van der Waals surface area contributed by atoms with Crippen LogP contribution in [0.3, 0.4) is 0 Å². The van der Waals surface area contributed by atoms with Gasteiger partial charge in [0.15, 0.2) is 0 Å². The van der Waals surface area contributed by atoms with Crippen LogP contribution in [0.4, 0.5) is 0 Å². The molecule has 2 rings (SSSR count). The van der Waals surface area contributed by atoms with E-state index in [0.29, 0.717) is 0 Å². The molecule has 0 fully saturated rings. The van der Waals surface area contributed by atoms with Crippen molar-refractivity contribution in [1.82, 2.24) is 0 Å². The molecule has 0 amide bonds. The van der Waals surface area contributed by atoms with Gasteiger partial charge in [0.2, 0.25) is 0 Å². The van der Waals surface area contributed by atoms with Crippen molar-refractivity contribution in [1.29, 1.82) is 0 Å². The van der Waals surface area contributed by atoms with Gasteiger partial charge in [0.05, 0.1) is 0 Å². The van der Waals surface area contributed by atoms with E-state index in [1.54, 1.807) is 0 Å². The van der Waals surface area contributed by atoms with Crippen LogP contribution in [0.5, 0.6) is 0 Å². The Hall–Kier alpha value is -1.00. The van der Waals surface area contributed by atoms with Gasteiger partial charge in [-0.25, -0.2) is 0 Å². The summed E-state index contributed by atoms with van der Waals surface area (Å²) in [5.41, 5.74) is 0. The summed E-state index contributed by atoms with van der Waals surface area (Å²) < 4.78 is 7.86. The minimum absolute atomic E-state index is 0.0935. The molecule has 0 unspecified atom stereocenters. The molecule has 0 N–H and O–H groups in total. The Labute approximate surface area is 119 Å². The first kappa shape index (κ1) is 13.4. The fourth-order valence-corrected chi connectivity index (χ4v) is 7.23. The maximum absolute atomic E-state index is 11.5. The number of alkyl halides is 1. The van der Waals surface area contributed by atoms with Crippen molar-refractivity contribution in [3.8, 4) is 0 Å². The normalized spacial score (nSPS) is 10.3. The van der Waals surface area contributed by atoms with Crippen LogP contribution in [0, 0.1) is 0 Å². The molecule has 0 atom stereocenters. The van der Waals surface area contributed by atoms with E-state index in [1.807, 2.05) is 60.7 Å². The van der Waals surface area contributed by atoms with Gasteiger partial charge in [-0.3, -0.25) is 0 Å². The Kier molecular flexibility index (Phi) is 5.08. The SMILES string of the molecule is O=C(CCl)[O][Sn]([c]1ccccc1)[c]1ccccc1.